The van der Waals surface area contributed by atoms with Crippen molar-refractivity contribution < 1.29 is 4.79 Å². The predicted octanol–water partition coefficient (Wildman–Crippen LogP) is 2.91. The summed E-state index contributed by atoms with van der Waals surface area (Å²) in [5.41, 5.74) is 0. The summed E-state index contributed by atoms with van der Waals surface area (Å²) in [5, 5.41) is 1.88. The van der Waals surface area contributed by atoms with Crippen molar-refractivity contribution in [1.29, 1.82) is 0 Å². The van der Waals surface area contributed by atoms with Crippen LogP contribution in [0, 0.1) is 0 Å². The molecule has 0 N–H and O–H groups in total. The minimum atomic E-state index is 0.104. The highest BCUT2D eigenvalue weighted by atomic mass is 32.1. The van der Waals surface area contributed by atoms with Crippen molar-refractivity contribution in [1.82, 2.24) is 4.90 Å². The first-order chi connectivity index (χ1) is 6.56. The molecule has 4 heteroatoms. The third kappa shape index (κ3) is 2.51. The predicted molar refractivity (Wildman–Crippen MR) is 63.4 cm³/mol. The van der Waals surface area contributed by atoms with Crippen LogP contribution in [0.3, 0.4) is 0 Å². The first-order valence-corrected chi connectivity index (χ1v) is 5.97. The van der Waals surface area contributed by atoms with Gasteiger partial charge in [0.1, 0.15) is 0 Å². The van der Waals surface area contributed by atoms with Crippen molar-refractivity contribution in [3.8, 4) is 0 Å². The zero-order valence-electron chi connectivity index (χ0n) is 8.65. The summed E-state index contributed by atoms with van der Waals surface area (Å²) in [6.45, 7) is 6.79. The van der Waals surface area contributed by atoms with E-state index in [0.717, 1.165) is 16.3 Å². The molecule has 1 aromatic heterocycles. The molecule has 1 rings (SSSR count). The van der Waals surface area contributed by atoms with E-state index in [1.165, 1.54) is 11.3 Å². The number of carbonyl (C=O) groups is 1. The minimum absolute atomic E-state index is 0.104. The van der Waals surface area contributed by atoms with Gasteiger partial charge in [0, 0.05) is 22.9 Å². The molecule has 0 aromatic carbocycles. The minimum Gasteiger partial charge on any atom is -0.336 e. The van der Waals surface area contributed by atoms with Crippen LogP contribution >= 0.6 is 24.0 Å². The summed E-state index contributed by atoms with van der Waals surface area (Å²) in [5.74, 6) is 0.104. The number of hydrogen-bond donors (Lipinski definition) is 1. The van der Waals surface area contributed by atoms with Crippen molar-refractivity contribution >= 4 is 29.9 Å². The van der Waals surface area contributed by atoms with Gasteiger partial charge in [-0.3, -0.25) is 4.79 Å². The molecule has 2 nitrogen and oxygen atoms in total. The molecule has 0 saturated heterocycles. The van der Waals surface area contributed by atoms with Crippen molar-refractivity contribution in [2.45, 2.75) is 31.7 Å². The van der Waals surface area contributed by atoms with E-state index in [9.17, 15) is 4.79 Å². The molecule has 0 saturated carbocycles. The van der Waals surface area contributed by atoms with Crippen LogP contribution in [0.1, 0.15) is 30.4 Å². The first-order valence-electron chi connectivity index (χ1n) is 4.64. The van der Waals surface area contributed by atoms with Gasteiger partial charge in [0.05, 0.1) is 4.88 Å². The fraction of sp³-hybridized carbons (Fsp3) is 0.500. The topological polar surface area (TPSA) is 20.3 Å². The second-order valence-corrected chi connectivity index (χ2v) is 4.78. The van der Waals surface area contributed by atoms with Crippen molar-refractivity contribution in [3.05, 3.63) is 16.3 Å². The molecule has 0 atom stereocenters. The smallest absolute Gasteiger partial charge is 0.264 e. The van der Waals surface area contributed by atoms with Crippen LogP contribution in [0.4, 0.5) is 0 Å². The van der Waals surface area contributed by atoms with Gasteiger partial charge >= 0.3 is 0 Å². The zero-order valence-corrected chi connectivity index (χ0v) is 10.4. The largest absolute Gasteiger partial charge is 0.336 e. The Labute approximate surface area is 94.3 Å². The Morgan fingerprint density at radius 3 is 2.64 bits per heavy atom. The van der Waals surface area contributed by atoms with Crippen LogP contribution in [-0.2, 0) is 0 Å². The van der Waals surface area contributed by atoms with Gasteiger partial charge in [0.15, 0.2) is 0 Å². The molecule has 0 radical (unpaired) electrons. The van der Waals surface area contributed by atoms with Gasteiger partial charge in [0.2, 0.25) is 0 Å². The molecule has 1 heterocycles. The summed E-state index contributed by atoms with van der Waals surface area (Å²) in [4.78, 5) is 15.4. The lowest BCUT2D eigenvalue weighted by molar-refractivity contribution is 0.0722. The second kappa shape index (κ2) is 4.84. The average molecular weight is 229 g/mol. The third-order valence-corrected chi connectivity index (χ3v) is 3.37. The van der Waals surface area contributed by atoms with Crippen LogP contribution in [-0.4, -0.2) is 23.4 Å². The van der Waals surface area contributed by atoms with Crippen LogP contribution in [0.2, 0.25) is 0 Å². The highest BCUT2D eigenvalue weighted by Gasteiger charge is 2.17. The molecule has 14 heavy (non-hydrogen) atoms. The molecule has 0 spiro atoms. The summed E-state index contributed by atoms with van der Waals surface area (Å²) < 4.78 is 0. The number of hydrogen-bond acceptors (Lipinski definition) is 3. The van der Waals surface area contributed by atoms with Gasteiger partial charge in [-0.1, -0.05) is 0 Å². The molecular weight excluding hydrogens is 214 g/mol. The van der Waals surface area contributed by atoms with Crippen LogP contribution in [0.15, 0.2) is 16.3 Å². The fourth-order valence-electron chi connectivity index (χ4n) is 1.32. The Balaban J connectivity index is 2.83. The molecule has 0 aliphatic heterocycles. The Bertz CT molecular complexity index is 320. The maximum Gasteiger partial charge on any atom is 0.264 e. The molecule has 78 valence electrons. The van der Waals surface area contributed by atoms with Crippen LogP contribution in [0.5, 0.6) is 0 Å². The van der Waals surface area contributed by atoms with E-state index in [2.05, 4.69) is 12.6 Å². The third-order valence-electron chi connectivity index (χ3n) is 2.02. The van der Waals surface area contributed by atoms with E-state index in [1.54, 1.807) is 0 Å². The summed E-state index contributed by atoms with van der Waals surface area (Å²) in [6.07, 6.45) is 0. The number of carbonyl (C=O) groups excluding carboxylic acids is 1. The van der Waals surface area contributed by atoms with Crippen LogP contribution < -0.4 is 0 Å². The molecule has 0 fully saturated rings. The second-order valence-electron chi connectivity index (χ2n) is 3.35. The summed E-state index contributed by atoms with van der Waals surface area (Å²) >= 11 is 5.64. The van der Waals surface area contributed by atoms with Crippen molar-refractivity contribution in [2.24, 2.45) is 0 Å². The first kappa shape index (κ1) is 11.6. The molecule has 0 unspecified atom stereocenters. The normalized spacial score (nSPS) is 10.6. The Kier molecular flexibility index (Phi) is 4.01. The van der Waals surface area contributed by atoms with Gasteiger partial charge in [-0.15, -0.1) is 24.0 Å². The van der Waals surface area contributed by atoms with Crippen molar-refractivity contribution in [2.75, 3.05) is 6.54 Å². The highest BCUT2D eigenvalue weighted by Crippen LogP contribution is 2.20. The Morgan fingerprint density at radius 2 is 2.29 bits per heavy atom. The number of rotatable bonds is 3. The Hall–Kier alpha value is -0.480. The fourth-order valence-corrected chi connectivity index (χ4v) is 2.43. The molecule has 0 aliphatic carbocycles. The van der Waals surface area contributed by atoms with Gasteiger partial charge < -0.3 is 4.90 Å². The summed E-state index contributed by atoms with van der Waals surface area (Å²) in [6, 6.07) is 2.07. The molecule has 0 bridgehead atoms. The number of nitrogens with zero attached hydrogens (tertiary/aromatic N) is 1. The SMILES string of the molecule is CCN(C(=O)c1cc(S)cs1)C(C)C. The number of thiophene rings is 1. The number of thiol groups is 1. The maximum absolute atomic E-state index is 11.9. The van der Waals surface area contributed by atoms with E-state index in [0.29, 0.717) is 0 Å². The molecular formula is C10H15NOS2. The lowest BCUT2D eigenvalue weighted by Gasteiger charge is -2.24. The van der Waals surface area contributed by atoms with Gasteiger partial charge in [-0.2, -0.15) is 0 Å². The van der Waals surface area contributed by atoms with E-state index in [-0.39, 0.29) is 11.9 Å². The van der Waals surface area contributed by atoms with E-state index in [4.69, 9.17) is 0 Å². The van der Waals surface area contributed by atoms with Gasteiger partial charge in [-0.05, 0) is 26.8 Å². The van der Waals surface area contributed by atoms with Gasteiger partial charge in [0.25, 0.3) is 5.91 Å². The zero-order chi connectivity index (χ0) is 10.7. The van der Waals surface area contributed by atoms with E-state index >= 15 is 0 Å². The molecule has 1 aromatic rings. The maximum atomic E-state index is 11.9. The monoisotopic (exact) mass is 229 g/mol. The number of amides is 1. The lowest BCUT2D eigenvalue weighted by atomic mass is 10.3. The van der Waals surface area contributed by atoms with E-state index in [1.807, 2.05) is 37.1 Å². The summed E-state index contributed by atoms with van der Waals surface area (Å²) in [7, 11) is 0. The molecule has 1 amide bonds. The molecule has 0 aliphatic rings. The average Bonchev–Trinajstić information content (AvgIpc) is 2.52. The van der Waals surface area contributed by atoms with Crippen molar-refractivity contribution in [3.63, 3.8) is 0 Å². The van der Waals surface area contributed by atoms with Crippen LogP contribution in [0.25, 0.3) is 0 Å². The highest BCUT2D eigenvalue weighted by molar-refractivity contribution is 7.80. The Morgan fingerprint density at radius 1 is 1.64 bits per heavy atom. The van der Waals surface area contributed by atoms with E-state index < -0.39 is 0 Å². The lowest BCUT2D eigenvalue weighted by Crippen LogP contribution is -2.36. The van der Waals surface area contributed by atoms with Gasteiger partial charge in [-0.25, -0.2) is 0 Å². The quantitative estimate of drug-likeness (QED) is 0.790. The standard InChI is InChI=1S/C10H15NOS2/c1-4-11(7(2)3)10(12)9-5-8(13)6-14-9/h5-7,13H,4H2,1-3H3.